The van der Waals surface area contributed by atoms with Gasteiger partial charge in [0.2, 0.25) is 5.91 Å². The maximum absolute atomic E-state index is 10.7. The lowest BCUT2D eigenvalue weighted by Gasteiger charge is -2.19. The van der Waals surface area contributed by atoms with E-state index in [1.54, 1.807) is 6.92 Å². The van der Waals surface area contributed by atoms with Gasteiger partial charge in [-0.25, -0.2) is 0 Å². The molecule has 0 unspecified atom stereocenters. The second-order valence-electron chi connectivity index (χ2n) is 4.73. The summed E-state index contributed by atoms with van der Waals surface area (Å²) in [4.78, 5) is 12.1. The average Bonchev–Trinajstić information content (AvgIpc) is 2.42. The molecule has 3 nitrogen and oxygen atoms in total. The molecule has 0 radical (unpaired) electrons. The van der Waals surface area contributed by atoms with Crippen LogP contribution < -0.4 is 10.1 Å². The van der Waals surface area contributed by atoms with Gasteiger partial charge in [-0.1, -0.05) is 18.6 Å². The summed E-state index contributed by atoms with van der Waals surface area (Å²) < 4.78 is 5.67. The Labute approximate surface area is 119 Å². The highest BCUT2D eigenvalue weighted by atomic mass is 32.2. The van der Waals surface area contributed by atoms with Gasteiger partial charge in [0.05, 0.1) is 11.5 Å². The zero-order valence-corrected chi connectivity index (χ0v) is 12.2. The van der Waals surface area contributed by atoms with E-state index in [1.807, 2.05) is 11.8 Å². The third-order valence-electron chi connectivity index (χ3n) is 3.14. The van der Waals surface area contributed by atoms with E-state index in [0.717, 1.165) is 50.3 Å². The minimum Gasteiger partial charge on any atom is -0.492 e. The van der Waals surface area contributed by atoms with Crippen LogP contribution in [0.15, 0.2) is 23.1 Å². The van der Waals surface area contributed by atoms with E-state index >= 15 is 0 Å². The fraction of sp³-hybridized carbons (Fsp3) is 0.533. The molecule has 1 N–H and O–H groups in total. The molecule has 1 aromatic rings. The second-order valence-corrected chi connectivity index (χ2v) is 5.84. The summed E-state index contributed by atoms with van der Waals surface area (Å²) in [5.41, 5.74) is 1.40. The van der Waals surface area contributed by atoms with Crippen molar-refractivity contribution in [1.82, 2.24) is 5.32 Å². The van der Waals surface area contributed by atoms with E-state index in [0.29, 0.717) is 0 Å². The van der Waals surface area contributed by atoms with Crippen LogP contribution in [0.2, 0.25) is 0 Å². The lowest BCUT2D eigenvalue weighted by molar-refractivity contribution is -0.118. The van der Waals surface area contributed by atoms with E-state index in [1.165, 1.54) is 10.5 Å². The second kappa shape index (κ2) is 7.43. The number of unbranched alkanes of at least 4 members (excludes halogenated alkanes) is 2. The topological polar surface area (TPSA) is 38.3 Å². The summed E-state index contributed by atoms with van der Waals surface area (Å²) in [6.45, 7) is 3.17. The Morgan fingerprint density at radius 2 is 2.26 bits per heavy atom. The summed E-state index contributed by atoms with van der Waals surface area (Å²) in [6, 6.07) is 6.34. The maximum atomic E-state index is 10.7. The van der Waals surface area contributed by atoms with Gasteiger partial charge >= 0.3 is 0 Å². The molecule has 0 saturated carbocycles. The highest BCUT2D eigenvalue weighted by Gasteiger charge is 2.14. The number of carbonyl (C=O) groups excluding carboxylic acids is 1. The molecule has 0 fully saturated rings. The van der Waals surface area contributed by atoms with Gasteiger partial charge in [0.25, 0.3) is 0 Å². The molecular formula is C15H21NO2S. The Bertz CT molecular complexity index is 434. The number of benzene rings is 1. The number of hydrogen-bond donors (Lipinski definition) is 1. The van der Waals surface area contributed by atoms with Crippen LogP contribution in [0, 0.1) is 0 Å². The van der Waals surface area contributed by atoms with Crippen molar-refractivity contribution in [1.29, 1.82) is 0 Å². The van der Waals surface area contributed by atoms with Crippen LogP contribution in [0.25, 0.3) is 0 Å². The van der Waals surface area contributed by atoms with Gasteiger partial charge < -0.3 is 10.1 Å². The number of aryl methyl sites for hydroxylation is 1. The number of ether oxygens (including phenoxy) is 1. The Morgan fingerprint density at radius 1 is 1.37 bits per heavy atom. The van der Waals surface area contributed by atoms with Crippen molar-refractivity contribution in [3.8, 4) is 5.75 Å². The van der Waals surface area contributed by atoms with Gasteiger partial charge in [-0.2, -0.15) is 0 Å². The number of fused-ring (bicyclic) bond motifs is 1. The molecule has 0 aliphatic carbocycles. The third kappa shape index (κ3) is 4.46. The number of amides is 1. The van der Waals surface area contributed by atoms with Crippen molar-refractivity contribution in [3.05, 3.63) is 23.8 Å². The molecule has 1 aliphatic heterocycles. The lowest BCUT2D eigenvalue weighted by atomic mass is 10.1. The van der Waals surface area contributed by atoms with E-state index in [2.05, 4.69) is 23.5 Å². The van der Waals surface area contributed by atoms with Crippen LogP contribution in [0.4, 0.5) is 0 Å². The van der Waals surface area contributed by atoms with Crippen LogP contribution in [-0.2, 0) is 11.2 Å². The highest BCUT2D eigenvalue weighted by molar-refractivity contribution is 7.99. The van der Waals surface area contributed by atoms with Gasteiger partial charge in [-0.15, -0.1) is 11.8 Å². The normalized spacial score (nSPS) is 13.5. The Kier molecular flexibility index (Phi) is 5.58. The van der Waals surface area contributed by atoms with Crippen molar-refractivity contribution in [3.63, 3.8) is 0 Å². The number of carbonyl (C=O) groups is 1. The Morgan fingerprint density at radius 3 is 3.11 bits per heavy atom. The summed E-state index contributed by atoms with van der Waals surface area (Å²) in [5, 5.41) is 2.83. The predicted octanol–water partition coefficient (Wildman–Crippen LogP) is 3.02. The molecular weight excluding hydrogens is 258 g/mol. The first kappa shape index (κ1) is 14.3. The van der Waals surface area contributed by atoms with Crippen molar-refractivity contribution in [2.45, 2.75) is 37.5 Å². The molecule has 4 heteroatoms. The van der Waals surface area contributed by atoms with E-state index < -0.39 is 0 Å². The molecule has 1 aromatic carbocycles. The molecule has 1 heterocycles. The molecule has 0 saturated heterocycles. The van der Waals surface area contributed by atoms with Crippen molar-refractivity contribution >= 4 is 17.7 Å². The highest BCUT2D eigenvalue weighted by Crippen LogP contribution is 2.36. The van der Waals surface area contributed by atoms with Gasteiger partial charge in [0.15, 0.2) is 0 Å². The first-order valence-corrected chi connectivity index (χ1v) is 7.88. The molecule has 2 rings (SSSR count). The Hall–Kier alpha value is -1.16. The standard InChI is InChI=1S/C15H21NO2S/c1-12(17)16-9-4-2-3-6-13-7-5-8-14-15(13)19-11-10-18-14/h5,7-8H,2-4,6,9-11H2,1H3,(H,16,17). The third-order valence-corrected chi connectivity index (χ3v) is 4.27. The van der Waals surface area contributed by atoms with Crippen molar-refractivity contribution < 1.29 is 9.53 Å². The predicted molar refractivity (Wildman–Crippen MR) is 78.9 cm³/mol. The first-order chi connectivity index (χ1) is 9.27. The number of rotatable bonds is 6. The summed E-state index contributed by atoms with van der Waals surface area (Å²) in [7, 11) is 0. The molecule has 0 atom stereocenters. The zero-order chi connectivity index (χ0) is 13.5. The van der Waals surface area contributed by atoms with Crippen LogP contribution in [0.5, 0.6) is 5.75 Å². The van der Waals surface area contributed by atoms with Gasteiger partial charge in [-0.05, 0) is 30.9 Å². The van der Waals surface area contributed by atoms with E-state index in [-0.39, 0.29) is 5.91 Å². The van der Waals surface area contributed by atoms with Crippen LogP contribution >= 0.6 is 11.8 Å². The summed E-state index contributed by atoms with van der Waals surface area (Å²) in [6.07, 6.45) is 4.46. The number of thioether (sulfide) groups is 1. The number of nitrogens with one attached hydrogen (secondary N) is 1. The Balaban J connectivity index is 1.75. The smallest absolute Gasteiger partial charge is 0.216 e. The van der Waals surface area contributed by atoms with Crippen LogP contribution in [0.3, 0.4) is 0 Å². The molecule has 0 bridgehead atoms. The quantitative estimate of drug-likeness (QED) is 0.813. The average molecular weight is 279 g/mol. The number of hydrogen-bond acceptors (Lipinski definition) is 3. The van der Waals surface area contributed by atoms with E-state index in [4.69, 9.17) is 4.74 Å². The minimum atomic E-state index is 0.0608. The van der Waals surface area contributed by atoms with Crippen LogP contribution in [0.1, 0.15) is 31.7 Å². The minimum absolute atomic E-state index is 0.0608. The molecule has 1 aliphatic rings. The molecule has 19 heavy (non-hydrogen) atoms. The largest absolute Gasteiger partial charge is 0.492 e. The maximum Gasteiger partial charge on any atom is 0.216 e. The molecule has 1 amide bonds. The summed E-state index contributed by atoms with van der Waals surface area (Å²) >= 11 is 1.91. The van der Waals surface area contributed by atoms with E-state index in [9.17, 15) is 4.79 Å². The fourth-order valence-electron chi connectivity index (χ4n) is 2.21. The van der Waals surface area contributed by atoms with Crippen molar-refractivity contribution in [2.75, 3.05) is 18.9 Å². The monoisotopic (exact) mass is 279 g/mol. The van der Waals surface area contributed by atoms with Gasteiger partial charge in [0.1, 0.15) is 5.75 Å². The molecule has 0 spiro atoms. The zero-order valence-electron chi connectivity index (χ0n) is 11.4. The van der Waals surface area contributed by atoms with Crippen molar-refractivity contribution in [2.24, 2.45) is 0 Å². The summed E-state index contributed by atoms with van der Waals surface area (Å²) in [5.74, 6) is 2.16. The van der Waals surface area contributed by atoms with Crippen LogP contribution in [-0.4, -0.2) is 24.8 Å². The molecule has 104 valence electrons. The lowest BCUT2D eigenvalue weighted by Crippen LogP contribution is -2.20. The fourth-order valence-corrected chi connectivity index (χ4v) is 3.21. The molecule has 0 aromatic heterocycles. The van der Waals surface area contributed by atoms with Gasteiger partial charge in [0, 0.05) is 19.2 Å². The SMILES string of the molecule is CC(=O)NCCCCCc1cccc2c1SCCO2. The first-order valence-electron chi connectivity index (χ1n) is 6.89. The van der Waals surface area contributed by atoms with Gasteiger partial charge in [-0.3, -0.25) is 4.79 Å².